The second-order valence-electron chi connectivity index (χ2n) is 3.11. The van der Waals surface area contributed by atoms with E-state index in [0.29, 0.717) is 6.54 Å². The molecule has 0 N–H and O–H groups in total. The molecule has 2 rings (SSSR count). The Bertz CT molecular complexity index is 474. The first-order valence-corrected chi connectivity index (χ1v) is 4.24. The number of fused-ring (bicyclic) bond motifs is 1. The molecule has 0 radical (unpaired) electrons. The molecule has 2 aromatic rings. The van der Waals surface area contributed by atoms with Gasteiger partial charge in [0.25, 0.3) is 0 Å². The lowest BCUT2D eigenvalue weighted by atomic mass is 10.2. The van der Waals surface area contributed by atoms with Crippen LogP contribution in [-0.4, -0.2) is 4.57 Å². The third-order valence-corrected chi connectivity index (χ3v) is 2.23. The highest BCUT2D eigenvalue weighted by atomic mass is 14.9. The number of nitriles is 1. The maximum absolute atomic E-state index is 8.62. The van der Waals surface area contributed by atoms with E-state index in [1.165, 1.54) is 16.5 Å². The van der Waals surface area contributed by atoms with Crippen LogP contribution in [0.25, 0.3) is 10.9 Å². The highest BCUT2D eigenvalue weighted by Gasteiger charge is 2.01. The van der Waals surface area contributed by atoms with Crippen molar-refractivity contribution in [2.75, 3.05) is 0 Å². The molecule has 64 valence electrons. The topological polar surface area (TPSA) is 28.7 Å². The van der Waals surface area contributed by atoms with E-state index in [9.17, 15) is 0 Å². The summed E-state index contributed by atoms with van der Waals surface area (Å²) in [4.78, 5) is 0. The molecule has 0 aliphatic carbocycles. The monoisotopic (exact) mass is 170 g/mol. The van der Waals surface area contributed by atoms with Gasteiger partial charge in [-0.1, -0.05) is 18.2 Å². The molecule has 1 heterocycles. The van der Waals surface area contributed by atoms with E-state index in [4.69, 9.17) is 5.26 Å². The lowest BCUT2D eigenvalue weighted by molar-refractivity contribution is 0.871. The molecule has 0 aliphatic rings. The number of hydrogen-bond donors (Lipinski definition) is 0. The molecule has 0 fully saturated rings. The first-order valence-electron chi connectivity index (χ1n) is 4.24. The number of aromatic nitrogens is 1. The van der Waals surface area contributed by atoms with Crippen molar-refractivity contribution in [2.24, 2.45) is 0 Å². The Balaban J connectivity index is 2.73. The lowest BCUT2D eigenvalue weighted by Crippen LogP contribution is -1.93. The van der Waals surface area contributed by atoms with Crippen molar-refractivity contribution in [3.63, 3.8) is 0 Å². The molecule has 0 aliphatic heterocycles. The Morgan fingerprint density at radius 1 is 1.38 bits per heavy atom. The Kier molecular flexibility index (Phi) is 1.79. The van der Waals surface area contributed by atoms with Crippen molar-refractivity contribution in [1.29, 1.82) is 5.26 Å². The first-order chi connectivity index (χ1) is 6.33. The van der Waals surface area contributed by atoms with Gasteiger partial charge >= 0.3 is 0 Å². The predicted octanol–water partition coefficient (Wildman–Crippen LogP) is 2.47. The van der Waals surface area contributed by atoms with Crippen molar-refractivity contribution in [1.82, 2.24) is 4.57 Å². The molecule has 2 nitrogen and oxygen atoms in total. The fourth-order valence-electron chi connectivity index (χ4n) is 1.66. The molecule has 0 spiro atoms. The van der Waals surface area contributed by atoms with E-state index < -0.39 is 0 Å². The summed E-state index contributed by atoms with van der Waals surface area (Å²) in [6.45, 7) is 2.49. The van der Waals surface area contributed by atoms with Crippen LogP contribution in [0, 0.1) is 18.3 Å². The fraction of sp³-hybridized carbons (Fsp3) is 0.182. The van der Waals surface area contributed by atoms with Crippen LogP contribution in [0.1, 0.15) is 5.56 Å². The van der Waals surface area contributed by atoms with Crippen LogP contribution >= 0.6 is 0 Å². The molecule has 0 saturated carbocycles. The highest BCUT2D eigenvalue weighted by molar-refractivity contribution is 5.83. The van der Waals surface area contributed by atoms with Gasteiger partial charge in [0.1, 0.15) is 6.54 Å². The van der Waals surface area contributed by atoms with Gasteiger partial charge in [-0.3, -0.25) is 0 Å². The third-order valence-electron chi connectivity index (χ3n) is 2.23. The predicted molar refractivity (Wildman–Crippen MR) is 52.3 cm³/mol. The minimum atomic E-state index is 0.425. The van der Waals surface area contributed by atoms with Crippen LogP contribution in [0.4, 0.5) is 0 Å². The average molecular weight is 170 g/mol. The standard InChI is InChI=1S/C11H10N2/c1-9-3-2-4-10-5-7-13(8-6-12)11(9)10/h2-5,7H,8H2,1H3. The number of rotatable bonds is 1. The minimum Gasteiger partial charge on any atom is -0.333 e. The highest BCUT2D eigenvalue weighted by Crippen LogP contribution is 2.19. The molecule has 0 saturated heterocycles. The fourth-order valence-corrected chi connectivity index (χ4v) is 1.66. The van der Waals surface area contributed by atoms with Gasteiger partial charge in [-0.2, -0.15) is 5.26 Å². The summed E-state index contributed by atoms with van der Waals surface area (Å²) in [6, 6.07) is 10.4. The second-order valence-corrected chi connectivity index (χ2v) is 3.11. The van der Waals surface area contributed by atoms with Gasteiger partial charge in [-0.25, -0.2) is 0 Å². The summed E-state index contributed by atoms with van der Waals surface area (Å²) in [5.74, 6) is 0. The number of hydrogen-bond acceptors (Lipinski definition) is 1. The van der Waals surface area contributed by atoms with E-state index in [1.807, 2.05) is 22.9 Å². The third kappa shape index (κ3) is 1.19. The molecular weight excluding hydrogens is 160 g/mol. The van der Waals surface area contributed by atoms with Crippen LogP contribution in [-0.2, 0) is 6.54 Å². The number of para-hydroxylation sites is 1. The molecule has 0 amide bonds. The lowest BCUT2D eigenvalue weighted by Gasteiger charge is -2.01. The van der Waals surface area contributed by atoms with Crippen molar-refractivity contribution in [3.05, 3.63) is 36.0 Å². The zero-order chi connectivity index (χ0) is 9.26. The van der Waals surface area contributed by atoms with Crippen molar-refractivity contribution < 1.29 is 0 Å². The molecule has 1 aromatic carbocycles. The Morgan fingerprint density at radius 3 is 3.00 bits per heavy atom. The van der Waals surface area contributed by atoms with E-state index >= 15 is 0 Å². The van der Waals surface area contributed by atoms with Crippen LogP contribution in [0.5, 0.6) is 0 Å². The summed E-state index contributed by atoms with van der Waals surface area (Å²) in [7, 11) is 0. The summed E-state index contributed by atoms with van der Waals surface area (Å²) in [6.07, 6.45) is 1.96. The van der Waals surface area contributed by atoms with Gasteiger partial charge in [-0.05, 0) is 23.9 Å². The van der Waals surface area contributed by atoms with E-state index in [0.717, 1.165) is 0 Å². The molecular formula is C11H10N2. The van der Waals surface area contributed by atoms with Crippen molar-refractivity contribution >= 4 is 10.9 Å². The van der Waals surface area contributed by atoms with E-state index in [-0.39, 0.29) is 0 Å². The van der Waals surface area contributed by atoms with Crippen molar-refractivity contribution in [3.8, 4) is 6.07 Å². The Hall–Kier alpha value is -1.75. The summed E-state index contributed by atoms with van der Waals surface area (Å²) >= 11 is 0. The Labute approximate surface area is 77.0 Å². The molecule has 1 aromatic heterocycles. The van der Waals surface area contributed by atoms with E-state index in [1.54, 1.807) is 0 Å². The minimum absolute atomic E-state index is 0.425. The van der Waals surface area contributed by atoms with Gasteiger partial charge < -0.3 is 4.57 Å². The molecule has 0 bridgehead atoms. The number of nitrogens with zero attached hydrogens (tertiary/aromatic N) is 2. The summed E-state index contributed by atoms with van der Waals surface area (Å²) in [5.41, 5.74) is 2.39. The van der Waals surface area contributed by atoms with Crippen LogP contribution in [0.15, 0.2) is 30.5 Å². The Morgan fingerprint density at radius 2 is 2.23 bits per heavy atom. The quantitative estimate of drug-likeness (QED) is 0.646. The first kappa shape index (κ1) is 7.88. The maximum atomic E-state index is 8.62. The number of aryl methyl sites for hydroxylation is 1. The number of benzene rings is 1. The van der Waals surface area contributed by atoms with E-state index in [2.05, 4.69) is 25.1 Å². The van der Waals surface area contributed by atoms with Crippen LogP contribution in [0.2, 0.25) is 0 Å². The zero-order valence-corrected chi connectivity index (χ0v) is 7.49. The smallest absolute Gasteiger partial charge is 0.110 e. The molecule has 0 atom stereocenters. The summed E-state index contributed by atoms with van der Waals surface area (Å²) in [5, 5.41) is 9.82. The van der Waals surface area contributed by atoms with Crippen molar-refractivity contribution in [2.45, 2.75) is 13.5 Å². The van der Waals surface area contributed by atoms with Crippen LogP contribution in [0.3, 0.4) is 0 Å². The largest absolute Gasteiger partial charge is 0.333 e. The molecule has 0 unspecified atom stereocenters. The van der Waals surface area contributed by atoms with Gasteiger partial charge in [-0.15, -0.1) is 0 Å². The van der Waals surface area contributed by atoms with Gasteiger partial charge in [0.05, 0.1) is 11.6 Å². The second kappa shape index (κ2) is 2.95. The molecule has 2 heteroatoms. The average Bonchev–Trinajstić information content (AvgIpc) is 2.51. The van der Waals surface area contributed by atoms with Gasteiger partial charge in [0, 0.05) is 6.20 Å². The van der Waals surface area contributed by atoms with Crippen LogP contribution < -0.4 is 0 Å². The SMILES string of the molecule is Cc1cccc2ccn(CC#N)c12. The maximum Gasteiger partial charge on any atom is 0.110 e. The van der Waals surface area contributed by atoms with Gasteiger partial charge in [0.2, 0.25) is 0 Å². The van der Waals surface area contributed by atoms with Gasteiger partial charge in [0.15, 0.2) is 0 Å². The summed E-state index contributed by atoms with van der Waals surface area (Å²) < 4.78 is 1.98. The molecule has 13 heavy (non-hydrogen) atoms. The normalized spacial score (nSPS) is 10.2. The zero-order valence-electron chi connectivity index (χ0n) is 7.49.